The summed E-state index contributed by atoms with van der Waals surface area (Å²) in [6.45, 7) is 0. The third kappa shape index (κ3) is 4.23. The van der Waals surface area contributed by atoms with Gasteiger partial charge in [-0.3, -0.25) is 4.79 Å². The Morgan fingerprint density at radius 2 is 2.27 bits per heavy atom. The van der Waals surface area contributed by atoms with Gasteiger partial charge in [-0.25, -0.2) is 0 Å². The molecule has 2 atom stereocenters. The van der Waals surface area contributed by atoms with E-state index in [2.05, 4.69) is 0 Å². The number of carboxylic acid groups (broad SMARTS) is 1. The molecule has 4 nitrogen and oxygen atoms in total. The number of carboxylic acids is 1. The van der Waals surface area contributed by atoms with Gasteiger partial charge in [-0.2, -0.15) is 11.8 Å². The Morgan fingerprint density at radius 1 is 1.73 bits per heavy atom. The SMILES string of the molecule is CSCCC(O)[C@@H](N)C(=O)O. The van der Waals surface area contributed by atoms with Crippen LogP contribution in [0, 0.1) is 0 Å². The molecule has 11 heavy (non-hydrogen) atoms. The van der Waals surface area contributed by atoms with E-state index in [4.69, 9.17) is 15.9 Å². The van der Waals surface area contributed by atoms with E-state index in [9.17, 15) is 4.79 Å². The Hall–Kier alpha value is -0.260. The summed E-state index contributed by atoms with van der Waals surface area (Å²) in [5, 5.41) is 17.5. The van der Waals surface area contributed by atoms with E-state index in [1.54, 1.807) is 11.8 Å². The zero-order valence-electron chi connectivity index (χ0n) is 6.36. The minimum atomic E-state index is -1.15. The predicted molar refractivity (Wildman–Crippen MR) is 44.6 cm³/mol. The maximum Gasteiger partial charge on any atom is 0.323 e. The summed E-state index contributed by atoms with van der Waals surface area (Å²) in [7, 11) is 0. The zero-order valence-corrected chi connectivity index (χ0v) is 7.17. The van der Waals surface area contributed by atoms with Gasteiger partial charge in [0.05, 0.1) is 6.10 Å². The van der Waals surface area contributed by atoms with Gasteiger partial charge in [0, 0.05) is 0 Å². The molecule has 0 aliphatic heterocycles. The van der Waals surface area contributed by atoms with Crippen molar-refractivity contribution in [1.29, 1.82) is 0 Å². The topological polar surface area (TPSA) is 83.5 Å². The molecule has 5 heteroatoms. The molecule has 0 saturated heterocycles. The van der Waals surface area contributed by atoms with E-state index in [-0.39, 0.29) is 0 Å². The summed E-state index contributed by atoms with van der Waals surface area (Å²) in [5.74, 6) is -0.430. The van der Waals surface area contributed by atoms with Crippen LogP contribution in [0.5, 0.6) is 0 Å². The van der Waals surface area contributed by atoms with Gasteiger partial charge >= 0.3 is 5.97 Å². The van der Waals surface area contributed by atoms with Crippen LogP contribution in [0.15, 0.2) is 0 Å². The molecule has 0 saturated carbocycles. The fourth-order valence-corrected chi connectivity index (χ4v) is 1.06. The highest BCUT2D eigenvalue weighted by molar-refractivity contribution is 7.98. The van der Waals surface area contributed by atoms with Crippen molar-refractivity contribution in [2.45, 2.75) is 18.6 Å². The highest BCUT2D eigenvalue weighted by Crippen LogP contribution is 2.02. The first-order valence-corrected chi connectivity index (χ1v) is 4.64. The van der Waals surface area contributed by atoms with Crippen molar-refractivity contribution in [2.75, 3.05) is 12.0 Å². The number of rotatable bonds is 5. The highest BCUT2D eigenvalue weighted by atomic mass is 32.2. The van der Waals surface area contributed by atoms with Gasteiger partial charge < -0.3 is 15.9 Å². The molecule has 0 amide bonds. The maximum atomic E-state index is 10.2. The molecule has 0 aromatic heterocycles. The van der Waals surface area contributed by atoms with Crippen molar-refractivity contribution >= 4 is 17.7 Å². The number of aliphatic hydroxyl groups excluding tert-OH is 1. The molecule has 0 aromatic rings. The smallest absolute Gasteiger partial charge is 0.323 e. The molecule has 0 radical (unpaired) electrons. The Bertz CT molecular complexity index is 131. The van der Waals surface area contributed by atoms with Crippen molar-refractivity contribution in [3.05, 3.63) is 0 Å². The fourth-order valence-electron chi connectivity index (χ4n) is 0.583. The third-order valence-electron chi connectivity index (χ3n) is 1.32. The normalized spacial score (nSPS) is 15.9. The molecule has 0 fully saturated rings. The van der Waals surface area contributed by atoms with E-state index in [1.807, 2.05) is 6.26 Å². The third-order valence-corrected chi connectivity index (χ3v) is 1.96. The lowest BCUT2D eigenvalue weighted by Gasteiger charge is -2.13. The predicted octanol–water partition coefficient (Wildman–Crippen LogP) is -0.488. The lowest BCUT2D eigenvalue weighted by atomic mass is 10.1. The zero-order chi connectivity index (χ0) is 8.85. The molecule has 66 valence electrons. The van der Waals surface area contributed by atoms with Crippen LogP contribution in [0.3, 0.4) is 0 Å². The summed E-state index contributed by atoms with van der Waals surface area (Å²) in [4.78, 5) is 10.2. The quantitative estimate of drug-likeness (QED) is 0.530. The molecular weight excluding hydrogens is 166 g/mol. The van der Waals surface area contributed by atoms with Gasteiger partial charge in [-0.1, -0.05) is 0 Å². The van der Waals surface area contributed by atoms with E-state index in [0.717, 1.165) is 5.75 Å². The largest absolute Gasteiger partial charge is 0.480 e. The molecule has 0 rings (SSSR count). The van der Waals surface area contributed by atoms with Crippen LogP contribution in [-0.4, -0.2) is 40.3 Å². The number of thioether (sulfide) groups is 1. The van der Waals surface area contributed by atoms with Crippen LogP contribution >= 0.6 is 11.8 Å². The highest BCUT2D eigenvalue weighted by Gasteiger charge is 2.20. The van der Waals surface area contributed by atoms with Crippen LogP contribution < -0.4 is 5.73 Å². The lowest BCUT2D eigenvalue weighted by Crippen LogP contribution is -2.41. The second kappa shape index (κ2) is 5.40. The Balaban J connectivity index is 3.63. The summed E-state index contributed by atoms with van der Waals surface area (Å²) in [5.41, 5.74) is 5.14. The Morgan fingerprint density at radius 3 is 2.64 bits per heavy atom. The fraction of sp³-hybridized carbons (Fsp3) is 0.833. The summed E-state index contributed by atoms with van der Waals surface area (Å²) >= 11 is 1.55. The average Bonchev–Trinajstić information content (AvgIpc) is 1.98. The van der Waals surface area contributed by atoms with Crippen molar-refractivity contribution < 1.29 is 15.0 Å². The van der Waals surface area contributed by atoms with Gasteiger partial charge in [-0.15, -0.1) is 0 Å². The van der Waals surface area contributed by atoms with E-state index in [0.29, 0.717) is 6.42 Å². The number of hydrogen-bond donors (Lipinski definition) is 3. The van der Waals surface area contributed by atoms with Crippen LogP contribution in [0.4, 0.5) is 0 Å². The number of carbonyl (C=O) groups is 1. The standard InChI is InChI=1S/C6H13NO3S/c1-11-3-2-4(8)5(7)6(9)10/h4-5,8H,2-3,7H2,1H3,(H,9,10)/t4?,5-/m1/s1. The minimum Gasteiger partial charge on any atom is -0.480 e. The first-order chi connectivity index (χ1) is 5.09. The lowest BCUT2D eigenvalue weighted by molar-refractivity contribution is -0.141. The van der Waals surface area contributed by atoms with Crippen LogP contribution in [0.2, 0.25) is 0 Å². The number of nitrogens with two attached hydrogens (primary N) is 1. The number of hydrogen-bond acceptors (Lipinski definition) is 4. The van der Waals surface area contributed by atoms with Crippen molar-refractivity contribution in [3.8, 4) is 0 Å². The monoisotopic (exact) mass is 179 g/mol. The van der Waals surface area contributed by atoms with E-state index >= 15 is 0 Å². The van der Waals surface area contributed by atoms with Crippen molar-refractivity contribution in [1.82, 2.24) is 0 Å². The second-order valence-electron chi connectivity index (χ2n) is 2.21. The maximum absolute atomic E-state index is 10.2. The molecule has 0 heterocycles. The Labute approximate surface area is 69.8 Å². The molecule has 1 unspecified atom stereocenters. The molecular formula is C6H13NO3S. The van der Waals surface area contributed by atoms with Crippen LogP contribution in [-0.2, 0) is 4.79 Å². The van der Waals surface area contributed by atoms with Gasteiger partial charge in [0.25, 0.3) is 0 Å². The summed E-state index contributed by atoms with van der Waals surface area (Å²) < 4.78 is 0. The van der Waals surface area contributed by atoms with Gasteiger partial charge in [-0.05, 0) is 18.4 Å². The van der Waals surface area contributed by atoms with Crippen molar-refractivity contribution in [3.63, 3.8) is 0 Å². The minimum absolute atomic E-state index is 0.425. The van der Waals surface area contributed by atoms with Gasteiger partial charge in [0.1, 0.15) is 6.04 Å². The molecule has 0 aliphatic rings. The molecule has 0 aliphatic carbocycles. The Kier molecular flexibility index (Phi) is 5.27. The van der Waals surface area contributed by atoms with Crippen LogP contribution in [0.25, 0.3) is 0 Å². The summed E-state index contributed by atoms with van der Waals surface area (Å²) in [6, 6.07) is -1.15. The van der Waals surface area contributed by atoms with Crippen LogP contribution in [0.1, 0.15) is 6.42 Å². The average molecular weight is 179 g/mol. The van der Waals surface area contributed by atoms with E-state index < -0.39 is 18.1 Å². The van der Waals surface area contributed by atoms with Crippen molar-refractivity contribution in [2.24, 2.45) is 5.73 Å². The first-order valence-electron chi connectivity index (χ1n) is 3.25. The second-order valence-corrected chi connectivity index (χ2v) is 3.20. The summed E-state index contributed by atoms with van der Waals surface area (Å²) in [6.07, 6.45) is 1.38. The first kappa shape index (κ1) is 10.7. The number of aliphatic hydroxyl groups is 1. The van der Waals surface area contributed by atoms with E-state index in [1.165, 1.54) is 0 Å². The molecule has 0 bridgehead atoms. The molecule has 0 aromatic carbocycles. The molecule has 0 spiro atoms. The number of aliphatic carboxylic acids is 1. The van der Waals surface area contributed by atoms with Gasteiger partial charge in [0.15, 0.2) is 0 Å². The molecule has 4 N–H and O–H groups in total. The van der Waals surface area contributed by atoms with Gasteiger partial charge in [0.2, 0.25) is 0 Å².